The van der Waals surface area contributed by atoms with Crippen LogP contribution in [-0.2, 0) is 41.4 Å². The third kappa shape index (κ3) is 8.86. The summed E-state index contributed by atoms with van der Waals surface area (Å²) < 4.78 is 0. The zero-order valence-corrected chi connectivity index (χ0v) is 8.14. The van der Waals surface area contributed by atoms with Crippen LogP contribution in [0.5, 0.6) is 0 Å². The topological polar surface area (TPSA) is 28.5 Å². The van der Waals surface area contributed by atoms with Crippen molar-refractivity contribution in [2.75, 3.05) is 0 Å². The average molecular weight is 258 g/mol. The quantitative estimate of drug-likeness (QED) is 0.579. The van der Waals surface area contributed by atoms with Crippen LogP contribution in [0.25, 0.3) is 0 Å². The molecule has 0 saturated carbocycles. The Morgan fingerprint density at radius 1 is 1.00 bits per heavy atom. The summed E-state index contributed by atoms with van der Waals surface area (Å²) in [5.41, 5.74) is 0. The van der Waals surface area contributed by atoms with E-state index in [0.717, 1.165) is 0 Å². The van der Waals surface area contributed by atoms with Crippen molar-refractivity contribution in [3.63, 3.8) is 0 Å². The van der Waals surface area contributed by atoms with E-state index in [4.69, 9.17) is 0 Å². The Balaban J connectivity index is 0. The predicted molar refractivity (Wildman–Crippen MR) is 0.686 cm³/mol. The van der Waals surface area contributed by atoms with Gasteiger partial charge in [0.2, 0.25) is 0 Å². The van der Waals surface area contributed by atoms with E-state index in [1.54, 1.807) is 0 Å². The second-order valence-electron chi connectivity index (χ2n) is 0. The van der Waals surface area contributed by atoms with Crippen LogP contribution >= 0.6 is 0 Å². The molecular weight excluding hydrogens is 258 g/mol. The van der Waals surface area contributed by atoms with Gasteiger partial charge in [-0.1, -0.05) is 0 Å². The zero-order valence-electron chi connectivity index (χ0n) is 1.84. The van der Waals surface area contributed by atoms with Crippen LogP contribution in [0.2, 0.25) is 0 Å². The van der Waals surface area contributed by atoms with Crippen molar-refractivity contribution in [3.8, 4) is 0 Å². The number of rotatable bonds is 0. The molecular formula is CrLaOV+4. The molecule has 0 rings (SSSR count). The zero-order chi connectivity index (χ0) is 0. The van der Waals surface area contributed by atoms with Crippen molar-refractivity contribution in [2.24, 2.45) is 0 Å². The molecule has 1 nitrogen and oxygen atoms in total. The fraction of sp³-hybridized carbons (Fsp3) is 0. The van der Waals surface area contributed by atoms with Gasteiger partial charge in [0.15, 0.2) is 0 Å². The Morgan fingerprint density at radius 3 is 1.00 bits per heavy atom. The minimum absolute atomic E-state index is 0. The van der Waals surface area contributed by atoms with Crippen molar-refractivity contribution in [1.82, 2.24) is 0 Å². The van der Waals surface area contributed by atoms with Gasteiger partial charge in [-0.05, 0) is 0 Å². The van der Waals surface area contributed by atoms with Gasteiger partial charge in [0, 0.05) is 18.6 Å². The van der Waals surface area contributed by atoms with Crippen LogP contribution in [0.15, 0.2) is 0 Å². The summed E-state index contributed by atoms with van der Waals surface area (Å²) in [6.45, 7) is 0. The molecule has 0 fully saturated rings. The third-order valence-corrected chi connectivity index (χ3v) is 0. The third-order valence-electron chi connectivity index (χ3n) is 0. The van der Waals surface area contributed by atoms with Crippen molar-refractivity contribution in [1.29, 1.82) is 0 Å². The van der Waals surface area contributed by atoms with Crippen LogP contribution in [0.4, 0.5) is 0 Å². The molecule has 2 radical (unpaired) electrons. The minimum Gasteiger partial charge on any atom is -2.00 e. The molecule has 16 valence electrons. The Bertz CT molecular complexity index is 8.00. The van der Waals surface area contributed by atoms with Crippen LogP contribution in [0.1, 0.15) is 0 Å². The van der Waals surface area contributed by atoms with E-state index in [-0.39, 0.29) is 77.0 Å². The Kier molecular flexibility index (Phi) is 157. The van der Waals surface area contributed by atoms with Gasteiger partial charge in [-0.3, -0.25) is 0 Å². The molecule has 0 atom stereocenters. The summed E-state index contributed by atoms with van der Waals surface area (Å²) in [6.07, 6.45) is 0. The summed E-state index contributed by atoms with van der Waals surface area (Å²) >= 11 is 0. The molecule has 0 aromatic heterocycles. The maximum atomic E-state index is 0. The first-order valence-electron chi connectivity index (χ1n) is 0. The maximum absolute atomic E-state index is 0. The number of hydrogen-bond acceptors (Lipinski definition) is 0. The maximum Gasteiger partial charge on any atom is 3.00 e. The van der Waals surface area contributed by atoms with Crippen molar-refractivity contribution in [3.05, 3.63) is 0 Å². The van der Waals surface area contributed by atoms with E-state index in [1.165, 1.54) is 0 Å². The van der Waals surface area contributed by atoms with Gasteiger partial charge < -0.3 is 5.48 Å². The van der Waals surface area contributed by atoms with E-state index < -0.39 is 0 Å². The van der Waals surface area contributed by atoms with Gasteiger partial charge in [0.25, 0.3) is 0 Å². The molecule has 0 amide bonds. The largest absolute Gasteiger partial charge is 3.00 e. The minimum atomic E-state index is 0. The molecule has 0 aliphatic carbocycles. The van der Waals surface area contributed by atoms with E-state index in [0.29, 0.717) is 0 Å². The molecule has 0 N–H and O–H groups in total. The summed E-state index contributed by atoms with van der Waals surface area (Å²) in [4.78, 5) is 0. The number of hydrogen-bond donors (Lipinski definition) is 0. The van der Waals surface area contributed by atoms with Crippen molar-refractivity contribution >= 4 is 0 Å². The first-order valence-corrected chi connectivity index (χ1v) is 0. The molecule has 0 unspecified atom stereocenters. The standard InChI is InChI=1S/Cr.La.O.V/q2*+3;-2;. The molecule has 0 bridgehead atoms. The Morgan fingerprint density at radius 2 is 1.00 bits per heavy atom. The molecule has 0 aliphatic rings. The molecule has 4 heteroatoms. The smallest absolute Gasteiger partial charge is 2.00 e. The van der Waals surface area contributed by atoms with Crippen LogP contribution in [-0.4, -0.2) is 0 Å². The summed E-state index contributed by atoms with van der Waals surface area (Å²) in [6, 6.07) is 0. The van der Waals surface area contributed by atoms with Crippen LogP contribution in [0, 0.1) is 35.6 Å². The van der Waals surface area contributed by atoms with E-state index in [1.807, 2.05) is 0 Å². The molecule has 0 aromatic carbocycles. The van der Waals surface area contributed by atoms with Gasteiger partial charge in [-0.25, -0.2) is 0 Å². The fourth-order valence-electron chi connectivity index (χ4n) is 0. The summed E-state index contributed by atoms with van der Waals surface area (Å²) in [5.74, 6) is 0. The molecule has 0 heterocycles. The summed E-state index contributed by atoms with van der Waals surface area (Å²) in [5, 5.41) is 0. The molecule has 0 aromatic rings. The van der Waals surface area contributed by atoms with Crippen molar-refractivity contribution in [2.45, 2.75) is 0 Å². The van der Waals surface area contributed by atoms with E-state index >= 15 is 0 Å². The molecule has 4 heavy (non-hydrogen) atoms. The molecule has 0 aliphatic heterocycles. The second kappa shape index (κ2) is 18.6. The van der Waals surface area contributed by atoms with Gasteiger partial charge in [-0.2, -0.15) is 0 Å². The predicted octanol–water partition coefficient (Wildman–Crippen LogP) is -0.124. The fourth-order valence-corrected chi connectivity index (χ4v) is 0. The first-order chi connectivity index (χ1) is 0. The molecule has 0 spiro atoms. The first kappa shape index (κ1) is 33.8. The van der Waals surface area contributed by atoms with E-state index in [2.05, 4.69) is 0 Å². The average Bonchev–Trinajstić information content (AvgIpc) is 0. The van der Waals surface area contributed by atoms with Crippen LogP contribution < -0.4 is 0 Å². The molecule has 0 saturated heterocycles. The van der Waals surface area contributed by atoms with Gasteiger partial charge in [0.1, 0.15) is 0 Å². The van der Waals surface area contributed by atoms with Crippen LogP contribution in [0.3, 0.4) is 0 Å². The monoisotopic (exact) mass is 258 g/mol. The summed E-state index contributed by atoms with van der Waals surface area (Å²) in [7, 11) is 0. The van der Waals surface area contributed by atoms with Gasteiger partial charge in [-0.15, -0.1) is 0 Å². The Labute approximate surface area is 75.8 Å². The van der Waals surface area contributed by atoms with Gasteiger partial charge >= 0.3 is 53.0 Å². The second-order valence-corrected chi connectivity index (χ2v) is 0. The Hall–Kier alpha value is 2.27. The normalized spacial score (nSPS) is 0. The van der Waals surface area contributed by atoms with Gasteiger partial charge in [0.05, 0.1) is 0 Å². The van der Waals surface area contributed by atoms with E-state index in [9.17, 15) is 0 Å². The SMILES string of the molecule is [Cr+3].[La+3].[O-2].[V]. The van der Waals surface area contributed by atoms with Crippen molar-refractivity contribution < 1.29 is 77.0 Å².